The molecular formula is C17H25N3O4. The van der Waals surface area contributed by atoms with Crippen LogP contribution in [-0.4, -0.2) is 35.9 Å². The normalized spacial score (nSPS) is 32.5. The van der Waals surface area contributed by atoms with Crippen molar-refractivity contribution in [2.75, 3.05) is 0 Å². The van der Waals surface area contributed by atoms with Crippen LogP contribution >= 0.6 is 0 Å². The van der Waals surface area contributed by atoms with E-state index in [4.69, 9.17) is 10.5 Å². The highest BCUT2D eigenvalue weighted by atomic mass is 16.6. The van der Waals surface area contributed by atoms with Gasteiger partial charge in [-0.2, -0.15) is 0 Å². The van der Waals surface area contributed by atoms with E-state index in [1.54, 1.807) is 12.2 Å². The number of carbonyl (C=O) groups is 1. The Morgan fingerprint density at radius 2 is 1.67 bits per heavy atom. The van der Waals surface area contributed by atoms with E-state index in [1.165, 1.54) is 0 Å². The second-order valence-corrected chi connectivity index (χ2v) is 7.01. The summed E-state index contributed by atoms with van der Waals surface area (Å²) >= 11 is 0. The monoisotopic (exact) mass is 335 g/mol. The summed E-state index contributed by atoms with van der Waals surface area (Å²) < 4.78 is 5.63. The highest BCUT2D eigenvalue weighted by Gasteiger charge is 2.49. The minimum Gasteiger partial charge on any atom is -0.443 e. The molecule has 2 rings (SSSR count). The molecule has 3 unspecified atom stereocenters. The molecule has 0 heterocycles. The van der Waals surface area contributed by atoms with Crippen LogP contribution in [0.1, 0.15) is 58.3 Å². The zero-order valence-electron chi connectivity index (χ0n) is 14.1. The van der Waals surface area contributed by atoms with Crippen molar-refractivity contribution in [1.82, 2.24) is 0 Å². The molecular weight excluding hydrogens is 310 g/mol. The highest BCUT2D eigenvalue weighted by Crippen LogP contribution is 2.46. The molecule has 2 aliphatic carbocycles. The Labute approximate surface area is 141 Å². The van der Waals surface area contributed by atoms with Gasteiger partial charge in [0.25, 0.3) is 0 Å². The SMILES string of the molecule is CC(OC(N)=O)(C1CCC(N=C=O)CC1)C1CCCCC1N=C=O. The van der Waals surface area contributed by atoms with Crippen LogP contribution in [0, 0.1) is 11.8 Å². The molecule has 0 bridgehead atoms. The van der Waals surface area contributed by atoms with Crippen LogP contribution in [0.2, 0.25) is 0 Å². The van der Waals surface area contributed by atoms with Gasteiger partial charge in [0.1, 0.15) is 5.60 Å². The van der Waals surface area contributed by atoms with Crippen molar-refractivity contribution in [2.45, 2.75) is 76.0 Å². The van der Waals surface area contributed by atoms with E-state index in [0.29, 0.717) is 0 Å². The van der Waals surface area contributed by atoms with E-state index in [0.717, 1.165) is 51.4 Å². The molecule has 132 valence electrons. The summed E-state index contributed by atoms with van der Waals surface area (Å²) in [6.45, 7) is 1.91. The summed E-state index contributed by atoms with van der Waals surface area (Å²) in [6, 6.07) is -0.196. The molecule has 0 aromatic carbocycles. The molecule has 7 heteroatoms. The fourth-order valence-electron chi connectivity index (χ4n) is 4.53. The van der Waals surface area contributed by atoms with Crippen molar-refractivity contribution < 1.29 is 19.1 Å². The summed E-state index contributed by atoms with van der Waals surface area (Å²) in [4.78, 5) is 40.6. The van der Waals surface area contributed by atoms with E-state index in [1.807, 2.05) is 6.92 Å². The Balaban J connectivity index is 2.23. The molecule has 24 heavy (non-hydrogen) atoms. The summed E-state index contributed by atoms with van der Waals surface area (Å²) in [5.41, 5.74) is 4.58. The number of primary amides is 1. The molecule has 0 aliphatic heterocycles. The van der Waals surface area contributed by atoms with Gasteiger partial charge in [0.15, 0.2) is 0 Å². The lowest BCUT2D eigenvalue weighted by atomic mass is 9.65. The smallest absolute Gasteiger partial charge is 0.405 e. The fourth-order valence-corrected chi connectivity index (χ4v) is 4.53. The summed E-state index contributed by atoms with van der Waals surface area (Å²) in [5, 5.41) is 0. The first-order chi connectivity index (χ1) is 11.5. The van der Waals surface area contributed by atoms with Crippen molar-refractivity contribution >= 4 is 18.3 Å². The molecule has 2 saturated carbocycles. The molecule has 2 fully saturated rings. The maximum atomic E-state index is 11.6. The second-order valence-electron chi connectivity index (χ2n) is 7.01. The predicted octanol–water partition coefficient (Wildman–Crippen LogP) is 2.63. The van der Waals surface area contributed by atoms with E-state index in [2.05, 4.69) is 9.98 Å². The van der Waals surface area contributed by atoms with E-state index in [9.17, 15) is 14.4 Å². The number of isocyanates is 2. The van der Waals surface area contributed by atoms with Crippen LogP contribution in [0.4, 0.5) is 4.79 Å². The second kappa shape index (κ2) is 8.22. The lowest BCUT2D eigenvalue weighted by molar-refractivity contribution is -0.0875. The Bertz CT molecular complexity index is 546. The van der Waals surface area contributed by atoms with Crippen molar-refractivity contribution in [1.29, 1.82) is 0 Å². The predicted molar refractivity (Wildman–Crippen MR) is 86.8 cm³/mol. The van der Waals surface area contributed by atoms with Gasteiger partial charge in [0.05, 0.1) is 12.1 Å². The highest BCUT2D eigenvalue weighted by molar-refractivity contribution is 5.65. The number of hydrogen-bond donors (Lipinski definition) is 1. The third-order valence-electron chi connectivity index (χ3n) is 5.75. The van der Waals surface area contributed by atoms with Crippen molar-refractivity contribution in [3.05, 3.63) is 0 Å². The number of rotatable bonds is 5. The van der Waals surface area contributed by atoms with Gasteiger partial charge in [0.2, 0.25) is 12.2 Å². The maximum absolute atomic E-state index is 11.6. The van der Waals surface area contributed by atoms with Crippen LogP contribution in [0.5, 0.6) is 0 Å². The lowest BCUT2D eigenvalue weighted by Crippen LogP contribution is -2.53. The summed E-state index contributed by atoms with van der Waals surface area (Å²) in [6.07, 6.45) is 9.21. The molecule has 2 aliphatic rings. The standard InChI is InChI=1S/C17H25N3O4/c1-17(24-16(18)23,12-6-8-13(9-7-12)19-10-21)14-4-2-3-5-15(14)20-11-22/h12-15H,2-9H2,1H3,(H2,18,23). The van der Waals surface area contributed by atoms with Crippen LogP contribution in [0.25, 0.3) is 0 Å². The first-order valence-electron chi connectivity index (χ1n) is 8.63. The molecule has 0 saturated heterocycles. The van der Waals surface area contributed by atoms with E-state index in [-0.39, 0.29) is 23.9 Å². The lowest BCUT2D eigenvalue weighted by Gasteiger charge is -2.47. The molecule has 0 aromatic rings. The largest absolute Gasteiger partial charge is 0.443 e. The number of aliphatic imine (C=N–C) groups is 2. The van der Waals surface area contributed by atoms with Crippen LogP contribution in [-0.2, 0) is 14.3 Å². The first-order valence-corrected chi connectivity index (χ1v) is 8.63. The van der Waals surface area contributed by atoms with Gasteiger partial charge in [0, 0.05) is 5.92 Å². The first kappa shape index (κ1) is 18.4. The molecule has 0 aromatic heterocycles. The quantitative estimate of drug-likeness (QED) is 0.615. The van der Waals surface area contributed by atoms with Gasteiger partial charge < -0.3 is 10.5 Å². The van der Waals surface area contributed by atoms with Gasteiger partial charge in [-0.1, -0.05) is 12.8 Å². The van der Waals surface area contributed by atoms with Gasteiger partial charge in [-0.25, -0.2) is 24.4 Å². The molecule has 7 nitrogen and oxygen atoms in total. The minimum atomic E-state index is -0.801. The molecule has 2 N–H and O–H groups in total. The number of nitrogens with zero attached hydrogens (tertiary/aromatic N) is 2. The molecule has 0 spiro atoms. The van der Waals surface area contributed by atoms with Crippen molar-refractivity contribution in [3.8, 4) is 0 Å². The van der Waals surface area contributed by atoms with Gasteiger partial charge in [-0.3, -0.25) is 0 Å². The average Bonchev–Trinajstić information content (AvgIpc) is 2.56. The van der Waals surface area contributed by atoms with Crippen LogP contribution < -0.4 is 5.73 Å². The summed E-state index contributed by atoms with van der Waals surface area (Å²) in [7, 11) is 0. The van der Waals surface area contributed by atoms with Gasteiger partial charge in [-0.05, 0) is 51.4 Å². The third kappa shape index (κ3) is 4.11. The van der Waals surface area contributed by atoms with Gasteiger partial charge >= 0.3 is 6.09 Å². The average molecular weight is 335 g/mol. The zero-order valence-corrected chi connectivity index (χ0v) is 14.1. The molecule has 3 atom stereocenters. The number of hydrogen-bond acceptors (Lipinski definition) is 6. The Hall–Kier alpha value is -1.97. The summed E-state index contributed by atoms with van der Waals surface area (Å²) in [5.74, 6) is 0.0619. The van der Waals surface area contributed by atoms with Gasteiger partial charge in [-0.15, -0.1) is 0 Å². The van der Waals surface area contributed by atoms with E-state index >= 15 is 0 Å². The Morgan fingerprint density at radius 3 is 2.25 bits per heavy atom. The zero-order chi connectivity index (χ0) is 17.6. The van der Waals surface area contributed by atoms with Crippen molar-refractivity contribution in [3.63, 3.8) is 0 Å². The van der Waals surface area contributed by atoms with Crippen molar-refractivity contribution in [2.24, 2.45) is 27.6 Å². The number of amides is 1. The Morgan fingerprint density at radius 1 is 1.04 bits per heavy atom. The third-order valence-corrected chi connectivity index (χ3v) is 5.75. The fraction of sp³-hybridized carbons (Fsp3) is 0.824. The topological polar surface area (TPSA) is 111 Å². The van der Waals surface area contributed by atoms with Crippen LogP contribution in [0.15, 0.2) is 9.98 Å². The molecule has 0 radical (unpaired) electrons. The minimum absolute atomic E-state index is 0.00766. The molecule has 1 amide bonds. The number of ether oxygens (including phenoxy) is 1. The van der Waals surface area contributed by atoms with E-state index < -0.39 is 11.7 Å². The Kier molecular flexibility index (Phi) is 6.29. The maximum Gasteiger partial charge on any atom is 0.405 e. The van der Waals surface area contributed by atoms with Crippen LogP contribution in [0.3, 0.4) is 0 Å². The number of carbonyl (C=O) groups excluding carboxylic acids is 3. The number of nitrogens with two attached hydrogens (primary N) is 1.